The second-order valence-corrected chi connectivity index (χ2v) is 8.02. The van der Waals surface area contributed by atoms with E-state index in [1.165, 1.54) is 35.1 Å². The highest BCUT2D eigenvalue weighted by atomic mass is 32.1. The van der Waals surface area contributed by atoms with Crippen molar-refractivity contribution in [3.63, 3.8) is 0 Å². The van der Waals surface area contributed by atoms with E-state index in [-0.39, 0.29) is 27.0 Å². The number of carbonyl (C=O) groups excluding carboxylic acids is 1. The Kier molecular flexibility index (Phi) is 6.47. The summed E-state index contributed by atoms with van der Waals surface area (Å²) in [4.78, 5) is 36.5. The van der Waals surface area contributed by atoms with Crippen LogP contribution in [0.1, 0.15) is 11.3 Å². The number of nitriles is 1. The van der Waals surface area contributed by atoms with Crippen LogP contribution in [0.2, 0.25) is 0 Å². The molecule has 10 heteroatoms. The van der Waals surface area contributed by atoms with E-state index in [2.05, 4.69) is 5.32 Å². The Morgan fingerprint density at radius 3 is 2.50 bits per heavy atom. The van der Waals surface area contributed by atoms with Gasteiger partial charge < -0.3 is 9.73 Å². The van der Waals surface area contributed by atoms with E-state index < -0.39 is 16.4 Å². The zero-order valence-electron chi connectivity index (χ0n) is 17.5. The molecule has 34 heavy (non-hydrogen) atoms. The zero-order chi connectivity index (χ0) is 24.1. The minimum atomic E-state index is -0.647. The molecule has 0 radical (unpaired) electrons. The van der Waals surface area contributed by atoms with E-state index in [4.69, 9.17) is 4.42 Å². The molecule has 0 saturated carbocycles. The number of rotatable bonds is 6. The summed E-state index contributed by atoms with van der Waals surface area (Å²) < 4.78 is 6.95. The van der Waals surface area contributed by atoms with E-state index >= 15 is 0 Å². The fourth-order valence-electron chi connectivity index (χ4n) is 3.17. The number of amides is 1. The third-order valence-corrected chi connectivity index (χ3v) is 5.89. The Bertz CT molecular complexity index is 1560. The van der Waals surface area contributed by atoms with Crippen LogP contribution in [0.5, 0.6) is 0 Å². The van der Waals surface area contributed by atoms with E-state index in [9.17, 15) is 25.0 Å². The molecule has 1 N–H and O–H groups in total. The van der Waals surface area contributed by atoms with Gasteiger partial charge in [-0.2, -0.15) is 5.26 Å². The van der Waals surface area contributed by atoms with Crippen LogP contribution in [0.15, 0.2) is 82.2 Å². The molecule has 0 bridgehead atoms. The predicted molar refractivity (Wildman–Crippen MR) is 125 cm³/mol. The summed E-state index contributed by atoms with van der Waals surface area (Å²) in [6.45, 7) is 0.0831. The van der Waals surface area contributed by atoms with Crippen LogP contribution in [0.25, 0.3) is 17.3 Å². The number of nitrogens with zero attached hydrogens (tertiary/aromatic N) is 3. The molecule has 0 atom stereocenters. The van der Waals surface area contributed by atoms with Gasteiger partial charge in [0.15, 0.2) is 5.57 Å². The molecule has 2 heterocycles. The second-order valence-electron chi connectivity index (χ2n) is 6.99. The molecule has 4 aromatic rings. The first-order valence-electron chi connectivity index (χ1n) is 9.96. The lowest BCUT2D eigenvalue weighted by Gasteiger charge is -2.04. The van der Waals surface area contributed by atoms with Crippen LogP contribution in [0.3, 0.4) is 0 Å². The number of nitro groups is 1. The maximum absolute atomic E-state index is 13.3. The van der Waals surface area contributed by atoms with E-state index in [0.717, 1.165) is 11.3 Å². The van der Waals surface area contributed by atoms with Gasteiger partial charge in [0.2, 0.25) is 0 Å². The number of aromatic nitrogens is 1. The van der Waals surface area contributed by atoms with Gasteiger partial charge in [0.25, 0.3) is 17.2 Å². The maximum Gasteiger partial charge on any atom is 0.273 e. The lowest BCUT2D eigenvalue weighted by Crippen LogP contribution is -2.33. The number of non-ortho nitro benzene ring substituents is 1. The van der Waals surface area contributed by atoms with Crippen molar-refractivity contribution in [2.24, 2.45) is 0 Å². The molecule has 1 amide bonds. The third kappa shape index (κ3) is 4.69. The van der Waals surface area contributed by atoms with Crippen molar-refractivity contribution in [2.45, 2.75) is 6.54 Å². The molecule has 0 saturated heterocycles. The topological polar surface area (TPSA) is 131 Å². The monoisotopic (exact) mass is 472 g/mol. The van der Waals surface area contributed by atoms with Gasteiger partial charge in [-0.25, -0.2) is 0 Å². The molecule has 9 nitrogen and oxygen atoms in total. The fraction of sp³-hybridized carbons (Fsp3) is 0.0417. The van der Waals surface area contributed by atoms with Gasteiger partial charge in [-0.15, -0.1) is 11.3 Å². The number of carbonyl (C=O) groups is 1. The minimum absolute atomic E-state index is 0.0703. The van der Waals surface area contributed by atoms with Crippen molar-refractivity contribution in [1.82, 2.24) is 9.88 Å². The van der Waals surface area contributed by atoms with Crippen molar-refractivity contribution in [1.29, 1.82) is 5.26 Å². The van der Waals surface area contributed by atoms with Gasteiger partial charge in [-0.3, -0.25) is 24.3 Å². The molecule has 0 aliphatic heterocycles. The number of nitro benzene ring substituents is 1. The van der Waals surface area contributed by atoms with Gasteiger partial charge in [-0.05, 0) is 48.0 Å². The molecular formula is C24H16N4O5S. The quantitative estimate of drug-likeness (QED) is 0.338. The highest BCUT2D eigenvalue weighted by molar-refractivity contribution is 7.07. The maximum atomic E-state index is 13.3. The van der Waals surface area contributed by atoms with Crippen molar-refractivity contribution >= 4 is 34.6 Å². The van der Waals surface area contributed by atoms with Crippen molar-refractivity contribution in [3.05, 3.63) is 114 Å². The molecule has 0 spiro atoms. The average molecular weight is 472 g/mol. The summed E-state index contributed by atoms with van der Waals surface area (Å²) in [5.74, 6) is -0.129. The van der Waals surface area contributed by atoms with Crippen LogP contribution < -0.4 is 20.1 Å². The van der Waals surface area contributed by atoms with E-state index in [1.807, 2.05) is 6.07 Å². The Morgan fingerprint density at radius 2 is 1.88 bits per heavy atom. The summed E-state index contributed by atoms with van der Waals surface area (Å²) in [6, 6.07) is 19.7. The van der Waals surface area contributed by atoms with Gasteiger partial charge in [0.1, 0.15) is 16.5 Å². The molecule has 0 aliphatic rings. The SMILES string of the molecule is N#C/C(C(=O)NCc1ccco1)=c1/s/c(=C/c2ccc([N+](=O)[O-])cc2)c(=O)n1-c1ccccc1. The zero-order valence-corrected chi connectivity index (χ0v) is 18.3. The Hall–Kier alpha value is -4.75. The van der Waals surface area contributed by atoms with E-state index in [0.29, 0.717) is 17.0 Å². The molecule has 0 aliphatic carbocycles. The van der Waals surface area contributed by atoms with Crippen LogP contribution in [0.4, 0.5) is 5.69 Å². The fourth-order valence-corrected chi connectivity index (χ4v) is 4.27. The molecule has 0 unspecified atom stereocenters. The average Bonchev–Trinajstić information content (AvgIpc) is 3.47. The van der Waals surface area contributed by atoms with Gasteiger partial charge in [-0.1, -0.05) is 18.2 Å². The first-order valence-corrected chi connectivity index (χ1v) is 10.8. The molecule has 2 aromatic carbocycles. The molecule has 0 fully saturated rings. The van der Waals surface area contributed by atoms with Crippen LogP contribution in [0, 0.1) is 21.4 Å². The van der Waals surface area contributed by atoms with Gasteiger partial charge in [0, 0.05) is 12.1 Å². The number of nitrogens with one attached hydrogen (secondary N) is 1. The minimum Gasteiger partial charge on any atom is -0.467 e. The Morgan fingerprint density at radius 1 is 1.15 bits per heavy atom. The highest BCUT2D eigenvalue weighted by Gasteiger charge is 2.17. The Labute approximate surface area is 196 Å². The van der Waals surface area contributed by atoms with Crippen LogP contribution in [-0.4, -0.2) is 15.4 Å². The lowest BCUT2D eigenvalue weighted by atomic mass is 10.2. The first-order chi connectivity index (χ1) is 16.5. The van der Waals surface area contributed by atoms with Crippen molar-refractivity contribution in [3.8, 4) is 11.8 Å². The highest BCUT2D eigenvalue weighted by Crippen LogP contribution is 2.12. The smallest absolute Gasteiger partial charge is 0.273 e. The summed E-state index contributed by atoms with van der Waals surface area (Å²) in [5.41, 5.74) is 0.348. The number of furan rings is 1. The number of hydrogen-bond donors (Lipinski definition) is 1. The van der Waals surface area contributed by atoms with Crippen LogP contribution in [-0.2, 0) is 11.3 Å². The van der Waals surface area contributed by atoms with Crippen molar-refractivity contribution in [2.75, 3.05) is 0 Å². The summed E-state index contributed by atoms with van der Waals surface area (Å²) in [7, 11) is 0. The summed E-state index contributed by atoms with van der Waals surface area (Å²) >= 11 is 0.988. The lowest BCUT2D eigenvalue weighted by molar-refractivity contribution is -0.384. The number of thiazole rings is 1. The normalized spacial score (nSPS) is 12.1. The van der Waals surface area contributed by atoms with Gasteiger partial charge >= 0.3 is 0 Å². The largest absolute Gasteiger partial charge is 0.467 e. The molecule has 2 aromatic heterocycles. The Balaban J connectivity index is 1.87. The van der Waals surface area contributed by atoms with Crippen molar-refractivity contribution < 1.29 is 14.1 Å². The van der Waals surface area contributed by atoms with E-state index in [1.54, 1.807) is 48.5 Å². The first kappa shape index (κ1) is 22.4. The standard InChI is InChI=1S/C24H16N4O5S/c25-14-20(22(29)26-15-19-7-4-12-33-19)24-27(17-5-2-1-3-6-17)23(30)21(34-24)13-16-8-10-18(11-9-16)28(31)32/h1-13H,15H2,(H,26,29)/b21-13+,24-20-. The number of benzene rings is 2. The number of para-hydroxylation sites is 1. The summed E-state index contributed by atoms with van der Waals surface area (Å²) in [6.07, 6.45) is 3.04. The molecule has 168 valence electrons. The third-order valence-electron chi connectivity index (χ3n) is 4.80. The second kappa shape index (κ2) is 9.81. The predicted octanol–water partition coefficient (Wildman–Crippen LogP) is 2.22. The summed E-state index contributed by atoms with van der Waals surface area (Å²) in [5, 5.41) is 23.3. The van der Waals surface area contributed by atoms with Crippen LogP contribution >= 0.6 is 11.3 Å². The van der Waals surface area contributed by atoms with Gasteiger partial charge in [0.05, 0.1) is 28.0 Å². The number of hydrogen-bond acceptors (Lipinski definition) is 7. The molecular weight excluding hydrogens is 456 g/mol. The molecule has 4 rings (SSSR count).